The second-order valence-corrected chi connectivity index (χ2v) is 5.10. The van der Waals surface area contributed by atoms with Crippen LogP contribution in [0.2, 0.25) is 5.02 Å². The van der Waals surface area contributed by atoms with Gasteiger partial charge in [-0.1, -0.05) is 18.5 Å². The highest BCUT2D eigenvalue weighted by Gasteiger charge is 2.06. The van der Waals surface area contributed by atoms with Crippen LogP contribution in [0.15, 0.2) is 30.5 Å². The number of anilines is 1. The molecule has 0 saturated heterocycles. The molecule has 19 heavy (non-hydrogen) atoms. The number of aromatic nitrogens is 1. The second-order valence-electron chi connectivity index (χ2n) is 4.66. The topological polar surface area (TPSA) is 28.2 Å². The predicted octanol–water partition coefficient (Wildman–Crippen LogP) is 3.32. The molecule has 0 amide bonds. The van der Waals surface area contributed by atoms with Gasteiger partial charge in [0.15, 0.2) is 0 Å². The van der Waals surface area contributed by atoms with E-state index in [2.05, 4.69) is 35.2 Å². The summed E-state index contributed by atoms with van der Waals surface area (Å²) in [5.74, 6) is 0. The molecule has 3 nitrogen and oxygen atoms in total. The number of likely N-dealkylation sites (N-methyl/N-ethyl adjacent to an activating group) is 1. The second kappa shape index (κ2) is 6.73. The van der Waals surface area contributed by atoms with Gasteiger partial charge in [-0.2, -0.15) is 0 Å². The van der Waals surface area contributed by atoms with Gasteiger partial charge in [0, 0.05) is 42.4 Å². The van der Waals surface area contributed by atoms with Gasteiger partial charge in [0.05, 0.1) is 5.52 Å². The number of nitrogens with zero attached hydrogens (tertiary/aromatic N) is 2. The van der Waals surface area contributed by atoms with E-state index in [4.69, 9.17) is 11.6 Å². The fraction of sp³-hybridized carbons (Fsp3) is 0.400. The molecule has 2 aromatic rings. The van der Waals surface area contributed by atoms with E-state index >= 15 is 0 Å². The highest BCUT2D eigenvalue weighted by atomic mass is 35.5. The molecule has 0 unspecified atom stereocenters. The normalized spacial score (nSPS) is 10.9. The summed E-state index contributed by atoms with van der Waals surface area (Å²) in [6, 6.07) is 7.91. The Kier molecular flexibility index (Phi) is 5.00. The fourth-order valence-corrected chi connectivity index (χ4v) is 2.27. The van der Waals surface area contributed by atoms with E-state index in [9.17, 15) is 0 Å². The lowest BCUT2D eigenvalue weighted by atomic mass is 10.2. The Morgan fingerprint density at radius 3 is 2.89 bits per heavy atom. The first kappa shape index (κ1) is 14.1. The summed E-state index contributed by atoms with van der Waals surface area (Å²) in [4.78, 5) is 6.62. The van der Waals surface area contributed by atoms with Gasteiger partial charge in [0.2, 0.25) is 0 Å². The SMILES string of the molecule is CCCNCCN(C)c1ccnc2cc(Cl)ccc12. The quantitative estimate of drug-likeness (QED) is 0.821. The van der Waals surface area contributed by atoms with Gasteiger partial charge in [0.1, 0.15) is 0 Å². The minimum absolute atomic E-state index is 0.726. The van der Waals surface area contributed by atoms with Gasteiger partial charge in [-0.25, -0.2) is 0 Å². The predicted molar refractivity (Wildman–Crippen MR) is 83.2 cm³/mol. The molecule has 1 aromatic heterocycles. The number of hydrogen-bond acceptors (Lipinski definition) is 3. The van der Waals surface area contributed by atoms with Gasteiger partial charge in [-0.15, -0.1) is 0 Å². The summed E-state index contributed by atoms with van der Waals surface area (Å²) in [6.45, 7) is 5.21. The first-order valence-corrected chi connectivity index (χ1v) is 7.06. The lowest BCUT2D eigenvalue weighted by molar-refractivity contribution is 0.666. The van der Waals surface area contributed by atoms with Gasteiger partial charge in [0.25, 0.3) is 0 Å². The Balaban J connectivity index is 2.15. The van der Waals surface area contributed by atoms with Crippen molar-refractivity contribution in [3.8, 4) is 0 Å². The summed E-state index contributed by atoms with van der Waals surface area (Å²) in [5.41, 5.74) is 2.14. The molecule has 1 heterocycles. The van der Waals surface area contributed by atoms with E-state index in [0.29, 0.717) is 0 Å². The molecule has 0 saturated carbocycles. The zero-order valence-electron chi connectivity index (χ0n) is 11.5. The molecule has 0 aliphatic rings. The molecular formula is C15H20ClN3. The van der Waals surface area contributed by atoms with Crippen molar-refractivity contribution in [2.75, 3.05) is 31.6 Å². The Hall–Kier alpha value is -1.32. The number of nitrogens with one attached hydrogen (secondary N) is 1. The molecule has 0 spiro atoms. The fourth-order valence-electron chi connectivity index (χ4n) is 2.11. The zero-order valence-corrected chi connectivity index (χ0v) is 12.2. The van der Waals surface area contributed by atoms with E-state index in [0.717, 1.165) is 35.6 Å². The largest absolute Gasteiger partial charge is 0.373 e. The number of benzene rings is 1. The van der Waals surface area contributed by atoms with Crippen LogP contribution in [-0.2, 0) is 0 Å². The molecule has 0 bridgehead atoms. The van der Waals surface area contributed by atoms with Gasteiger partial charge in [-0.3, -0.25) is 4.98 Å². The van der Waals surface area contributed by atoms with Crippen LogP contribution in [0.1, 0.15) is 13.3 Å². The molecular weight excluding hydrogens is 258 g/mol. The van der Waals surface area contributed by atoms with E-state index in [-0.39, 0.29) is 0 Å². The monoisotopic (exact) mass is 277 g/mol. The number of rotatable bonds is 6. The van der Waals surface area contributed by atoms with Crippen molar-refractivity contribution in [3.05, 3.63) is 35.5 Å². The number of halogens is 1. The van der Waals surface area contributed by atoms with Gasteiger partial charge >= 0.3 is 0 Å². The molecule has 0 aliphatic carbocycles. The third kappa shape index (κ3) is 3.58. The summed E-state index contributed by atoms with van der Waals surface area (Å²) >= 11 is 6.01. The summed E-state index contributed by atoms with van der Waals surface area (Å²) in [7, 11) is 2.11. The van der Waals surface area contributed by atoms with Crippen LogP contribution in [0.25, 0.3) is 10.9 Å². The molecule has 1 N–H and O–H groups in total. The smallest absolute Gasteiger partial charge is 0.0737 e. The Morgan fingerprint density at radius 1 is 1.26 bits per heavy atom. The third-order valence-corrected chi connectivity index (χ3v) is 3.38. The van der Waals surface area contributed by atoms with Crippen LogP contribution >= 0.6 is 11.6 Å². The van der Waals surface area contributed by atoms with Crippen molar-refractivity contribution >= 4 is 28.2 Å². The standard InChI is InChI=1S/C15H20ClN3/c1-3-7-17-9-10-19(2)15-6-8-18-14-11-12(16)4-5-13(14)15/h4-6,8,11,17H,3,7,9-10H2,1-2H3. The molecule has 2 rings (SSSR count). The van der Waals surface area contributed by atoms with Crippen molar-refractivity contribution in [2.45, 2.75) is 13.3 Å². The summed E-state index contributed by atoms with van der Waals surface area (Å²) in [5, 5.41) is 5.28. The Morgan fingerprint density at radius 2 is 2.11 bits per heavy atom. The van der Waals surface area contributed by atoms with Crippen molar-refractivity contribution < 1.29 is 0 Å². The van der Waals surface area contributed by atoms with Crippen molar-refractivity contribution in [1.29, 1.82) is 0 Å². The van der Waals surface area contributed by atoms with Crippen LogP contribution in [-0.4, -0.2) is 31.7 Å². The van der Waals surface area contributed by atoms with E-state index < -0.39 is 0 Å². The maximum Gasteiger partial charge on any atom is 0.0737 e. The van der Waals surface area contributed by atoms with Crippen LogP contribution in [0.5, 0.6) is 0 Å². The minimum Gasteiger partial charge on any atom is -0.373 e. The molecule has 0 fully saturated rings. The van der Waals surface area contributed by atoms with Crippen molar-refractivity contribution in [1.82, 2.24) is 10.3 Å². The van der Waals surface area contributed by atoms with E-state index in [1.54, 1.807) is 0 Å². The minimum atomic E-state index is 0.726. The molecule has 102 valence electrons. The van der Waals surface area contributed by atoms with Crippen molar-refractivity contribution in [3.63, 3.8) is 0 Å². The highest BCUT2D eigenvalue weighted by molar-refractivity contribution is 6.31. The zero-order chi connectivity index (χ0) is 13.7. The van der Waals surface area contributed by atoms with Crippen molar-refractivity contribution in [2.24, 2.45) is 0 Å². The Bertz CT molecular complexity index is 542. The number of pyridine rings is 1. The van der Waals surface area contributed by atoms with Crippen LogP contribution in [0, 0.1) is 0 Å². The first-order chi connectivity index (χ1) is 9.22. The third-order valence-electron chi connectivity index (χ3n) is 3.14. The van der Waals surface area contributed by atoms with Crippen LogP contribution in [0.3, 0.4) is 0 Å². The maximum atomic E-state index is 6.01. The number of fused-ring (bicyclic) bond motifs is 1. The molecule has 0 aliphatic heterocycles. The molecule has 0 atom stereocenters. The van der Waals surface area contributed by atoms with Crippen LogP contribution < -0.4 is 10.2 Å². The Labute approximate surface area is 119 Å². The van der Waals surface area contributed by atoms with Gasteiger partial charge < -0.3 is 10.2 Å². The van der Waals surface area contributed by atoms with E-state index in [1.807, 2.05) is 24.4 Å². The molecule has 0 radical (unpaired) electrons. The highest BCUT2D eigenvalue weighted by Crippen LogP contribution is 2.26. The number of hydrogen-bond donors (Lipinski definition) is 1. The molecule has 1 aromatic carbocycles. The van der Waals surface area contributed by atoms with Gasteiger partial charge in [-0.05, 0) is 37.2 Å². The maximum absolute atomic E-state index is 6.01. The lowest BCUT2D eigenvalue weighted by Crippen LogP contribution is -2.29. The average Bonchev–Trinajstić information content (AvgIpc) is 2.42. The first-order valence-electron chi connectivity index (χ1n) is 6.68. The van der Waals surface area contributed by atoms with Crippen LogP contribution in [0.4, 0.5) is 5.69 Å². The summed E-state index contributed by atoms with van der Waals surface area (Å²) in [6.07, 6.45) is 3.00. The van der Waals surface area contributed by atoms with E-state index in [1.165, 1.54) is 12.1 Å². The lowest BCUT2D eigenvalue weighted by Gasteiger charge is -2.21. The average molecular weight is 278 g/mol. The summed E-state index contributed by atoms with van der Waals surface area (Å²) < 4.78 is 0. The molecule has 4 heteroatoms.